The van der Waals surface area contributed by atoms with Crippen LogP contribution in [0.4, 0.5) is 0 Å². The second-order valence-electron chi connectivity index (χ2n) is 5.24. The predicted octanol–water partition coefficient (Wildman–Crippen LogP) is 4.82. The van der Waals surface area contributed by atoms with Gasteiger partial charge < -0.3 is 10.3 Å². The second kappa shape index (κ2) is 7.75. The molecule has 0 amide bonds. The number of nitrogens with one attached hydrogen (secondary N) is 2. The lowest BCUT2D eigenvalue weighted by atomic mass is 10.1. The minimum Gasteiger partial charge on any atom is -0.350 e. The molecule has 2 nitrogen and oxygen atoms in total. The van der Waals surface area contributed by atoms with Crippen molar-refractivity contribution in [2.45, 2.75) is 56.4 Å². The van der Waals surface area contributed by atoms with Gasteiger partial charge in [0.15, 0.2) is 0 Å². The van der Waals surface area contributed by atoms with E-state index in [9.17, 15) is 0 Å². The fourth-order valence-electron chi connectivity index (χ4n) is 2.72. The summed E-state index contributed by atoms with van der Waals surface area (Å²) in [6.07, 6.45) is 3.68. The highest BCUT2D eigenvalue weighted by Crippen LogP contribution is 2.30. The fourth-order valence-corrected chi connectivity index (χ4v) is 3.97. The first-order chi connectivity index (χ1) is 9.78. The first-order valence-corrected chi connectivity index (χ1v) is 8.64. The molecular formula is C17H26N2S. The maximum Gasteiger partial charge on any atom is 0.0735 e. The molecule has 0 aliphatic rings. The predicted molar refractivity (Wildman–Crippen MR) is 90.6 cm³/mol. The van der Waals surface area contributed by atoms with E-state index in [1.807, 2.05) is 11.8 Å². The average Bonchev–Trinajstić information content (AvgIpc) is 2.87. The number of benzene rings is 1. The third kappa shape index (κ3) is 3.80. The monoisotopic (exact) mass is 290 g/mol. The van der Waals surface area contributed by atoms with Gasteiger partial charge in [0.2, 0.25) is 0 Å². The van der Waals surface area contributed by atoms with Crippen LogP contribution in [-0.4, -0.2) is 22.8 Å². The van der Waals surface area contributed by atoms with Crippen molar-refractivity contribution in [3.05, 3.63) is 30.3 Å². The van der Waals surface area contributed by atoms with Crippen LogP contribution in [0.1, 0.15) is 40.0 Å². The van der Waals surface area contributed by atoms with E-state index in [1.165, 1.54) is 35.2 Å². The number of fused-ring (bicyclic) bond motifs is 1. The summed E-state index contributed by atoms with van der Waals surface area (Å²) in [5, 5.41) is 6.88. The lowest BCUT2D eigenvalue weighted by Gasteiger charge is -2.25. The zero-order chi connectivity index (χ0) is 14.4. The second-order valence-corrected chi connectivity index (χ2v) is 6.52. The Hall–Kier alpha value is -0.930. The highest BCUT2D eigenvalue weighted by molar-refractivity contribution is 7.99. The number of rotatable bonds is 8. The lowest BCUT2D eigenvalue weighted by molar-refractivity contribution is 0.465. The van der Waals surface area contributed by atoms with Gasteiger partial charge in [-0.1, -0.05) is 45.4 Å². The number of hydrogen-bond donors (Lipinski definition) is 2. The van der Waals surface area contributed by atoms with Crippen molar-refractivity contribution in [3.63, 3.8) is 0 Å². The third-order valence-electron chi connectivity index (χ3n) is 3.70. The van der Waals surface area contributed by atoms with Crippen LogP contribution in [0, 0.1) is 0 Å². The van der Waals surface area contributed by atoms with Crippen molar-refractivity contribution in [2.24, 2.45) is 0 Å². The van der Waals surface area contributed by atoms with Crippen molar-refractivity contribution < 1.29 is 0 Å². The number of thioether (sulfide) groups is 1. The molecule has 0 spiro atoms. The molecule has 0 saturated carbocycles. The number of hydrogen-bond acceptors (Lipinski definition) is 2. The molecule has 2 rings (SSSR count). The largest absolute Gasteiger partial charge is 0.350 e. The smallest absolute Gasteiger partial charge is 0.0735 e. The first kappa shape index (κ1) is 15.5. The first-order valence-electron chi connectivity index (χ1n) is 7.76. The summed E-state index contributed by atoms with van der Waals surface area (Å²) in [6, 6.07) is 11.4. The molecule has 110 valence electrons. The van der Waals surface area contributed by atoms with E-state index in [1.54, 1.807) is 0 Å². The molecule has 2 atom stereocenters. The maximum absolute atomic E-state index is 3.65. The van der Waals surface area contributed by atoms with Crippen LogP contribution < -0.4 is 5.32 Å². The fraction of sp³-hybridized carbons (Fsp3) is 0.529. The van der Waals surface area contributed by atoms with Gasteiger partial charge in [-0.3, -0.25) is 0 Å². The molecule has 1 aromatic carbocycles. The molecule has 0 aliphatic heterocycles. The topological polar surface area (TPSA) is 27.8 Å². The molecule has 1 heterocycles. The number of para-hydroxylation sites is 1. The molecule has 0 radical (unpaired) electrons. The Morgan fingerprint density at radius 1 is 1.20 bits per heavy atom. The summed E-state index contributed by atoms with van der Waals surface area (Å²) in [6.45, 7) is 7.81. The Bertz CT molecular complexity index is 481. The zero-order valence-corrected chi connectivity index (χ0v) is 13.6. The summed E-state index contributed by atoms with van der Waals surface area (Å²) < 4.78 is 0. The zero-order valence-electron chi connectivity index (χ0n) is 12.8. The minimum atomic E-state index is 0.603. The Morgan fingerprint density at radius 3 is 2.65 bits per heavy atom. The Labute approximate surface area is 126 Å². The van der Waals surface area contributed by atoms with Gasteiger partial charge in [-0.05, 0) is 31.5 Å². The number of aromatic amines is 1. The van der Waals surface area contributed by atoms with E-state index in [0.717, 1.165) is 6.54 Å². The van der Waals surface area contributed by atoms with Crippen LogP contribution in [0.5, 0.6) is 0 Å². The molecule has 0 saturated heterocycles. The Morgan fingerprint density at radius 2 is 2.00 bits per heavy atom. The molecule has 0 bridgehead atoms. The maximum atomic E-state index is 3.65. The Kier molecular flexibility index (Phi) is 5.99. The van der Waals surface area contributed by atoms with Crippen molar-refractivity contribution in [2.75, 3.05) is 6.54 Å². The highest BCUT2D eigenvalue weighted by atomic mass is 32.2. The van der Waals surface area contributed by atoms with Gasteiger partial charge >= 0.3 is 0 Å². The Balaban J connectivity index is 2.11. The summed E-state index contributed by atoms with van der Waals surface area (Å²) in [5.41, 5.74) is 1.24. The van der Waals surface area contributed by atoms with Gasteiger partial charge in [-0.25, -0.2) is 0 Å². The van der Waals surface area contributed by atoms with Gasteiger partial charge in [0.25, 0.3) is 0 Å². The minimum absolute atomic E-state index is 0.603. The lowest BCUT2D eigenvalue weighted by Crippen LogP contribution is -2.37. The van der Waals surface area contributed by atoms with Crippen molar-refractivity contribution in [3.8, 4) is 0 Å². The van der Waals surface area contributed by atoms with E-state index in [4.69, 9.17) is 0 Å². The van der Waals surface area contributed by atoms with Crippen molar-refractivity contribution in [1.82, 2.24) is 10.3 Å². The van der Waals surface area contributed by atoms with Gasteiger partial charge in [0.1, 0.15) is 0 Å². The number of aromatic nitrogens is 1. The molecule has 0 fully saturated rings. The highest BCUT2D eigenvalue weighted by Gasteiger charge is 2.20. The van der Waals surface area contributed by atoms with Crippen LogP contribution in [0.15, 0.2) is 35.4 Å². The van der Waals surface area contributed by atoms with Crippen molar-refractivity contribution in [1.29, 1.82) is 0 Å². The molecule has 1 aromatic heterocycles. The summed E-state index contributed by atoms with van der Waals surface area (Å²) in [5.74, 6) is 0. The molecule has 0 aliphatic carbocycles. The van der Waals surface area contributed by atoms with Crippen LogP contribution in [-0.2, 0) is 0 Å². The molecule has 2 unspecified atom stereocenters. The van der Waals surface area contributed by atoms with Gasteiger partial charge in [-0.2, -0.15) is 0 Å². The van der Waals surface area contributed by atoms with Crippen LogP contribution in [0.2, 0.25) is 0 Å². The molecular weight excluding hydrogens is 264 g/mol. The van der Waals surface area contributed by atoms with E-state index in [-0.39, 0.29) is 0 Å². The number of H-pyrrole nitrogens is 1. The SMILES string of the molecule is CCCC(NCC)C(CC)Sc1cc2ccccc2[nH]1. The quantitative estimate of drug-likeness (QED) is 0.682. The van der Waals surface area contributed by atoms with Gasteiger partial charge in [0.05, 0.1) is 5.03 Å². The molecule has 2 aromatic rings. The van der Waals surface area contributed by atoms with Crippen LogP contribution >= 0.6 is 11.8 Å². The van der Waals surface area contributed by atoms with Gasteiger partial charge in [-0.15, -0.1) is 11.8 Å². The van der Waals surface area contributed by atoms with Crippen molar-refractivity contribution >= 4 is 22.7 Å². The summed E-state index contributed by atoms with van der Waals surface area (Å²) in [7, 11) is 0. The average molecular weight is 290 g/mol. The van der Waals surface area contributed by atoms with E-state index in [0.29, 0.717) is 11.3 Å². The van der Waals surface area contributed by atoms with Crippen LogP contribution in [0.3, 0.4) is 0 Å². The molecule has 3 heteroatoms. The van der Waals surface area contributed by atoms with Crippen LogP contribution in [0.25, 0.3) is 10.9 Å². The summed E-state index contributed by atoms with van der Waals surface area (Å²) in [4.78, 5) is 3.53. The summed E-state index contributed by atoms with van der Waals surface area (Å²) >= 11 is 1.98. The van der Waals surface area contributed by atoms with E-state index < -0.39 is 0 Å². The van der Waals surface area contributed by atoms with E-state index in [2.05, 4.69) is 61.4 Å². The molecule has 20 heavy (non-hydrogen) atoms. The standard InChI is InChI=1S/C17H26N2S/c1-4-9-15(18-6-3)16(5-2)20-17-12-13-10-7-8-11-14(13)19-17/h7-8,10-12,15-16,18-19H,4-6,9H2,1-3H3. The van der Waals surface area contributed by atoms with Gasteiger partial charge in [0, 0.05) is 22.2 Å². The molecule has 2 N–H and O–H groups in total. The third-order valence-corrected chi connectivity index (χ3v) is 5.14. The normalized spacial score (nSPS) is 14.6. The van der Waals surface area contributed by atoms with E-state index >= 15 is 0 Å².